The maximum absolute atomic E-state index is 12.2. The van der Waals surface area contributed by atoms with E-state index in [4.69, 9.17) is 0 Å². The SMILES string of the molecule is CC1CCCN(CC(=O)c2ccc(N(C)C)cc2)C1. The number of benzene rings is 1. The molecule has 1 aliphatic heterocycles. The van der Waals surface area contributed by atoms with Gasteiger partial charge in [0.15, 0.2) is 5.78 Å². The second kappa shape index (κ2) is 6.20. The van der Waals surface area contributed by atoms with Gasteiger partial charge >= 0.3 is 0 Å². The molecule has 0 bridgehead atoms. The number of hydrogen-bond donors (Lipinski definition) is 0. The summed E-state index contributed by atoms with van der Waals surface area (Å²) in [6, 6.07) is 7.88. The molecule has 1 saturated heterocycles. The first-order chi connectivity index (χ1) is 9.06. The van der Waals surface area contributed by atoms with E-state index in [0.717, 1.165) is 30.3 Å². The normalized spacial score (nSPS) is 20.3. The van der Waals surface area contributed by atoms with Gasteiger partial charge in [-0.3, -0.25) is 9.69 Å². The van der Waals surface area contributed by atoms with Gasteiger partial charge in [-0.05, 0) is 49.6 Å². The van der Waals surface area contributed by atoms with Crippen molar-refractivity contribution in [1.29, 1.82) is 0 Å². The lowest BCUT2D eigenvalue weighted by atomic mass is 9.99. The second-order valence-corrected chi connectivity index (χ2v) is 5.85. The Morgan fingerprint density at radius 3 is 2.58 bits per heavy atom. The number of nitrogens with zero attached hydrogens (tertiary/aromatic N) is 2. The summed E-state index contributed by atoms with van der Waals surface area (Å²) in [4.78, 5) is 16.6. The van der Waals surface area contributed by atoms with Crippen molar-refractivity contribution >= 4 is 11.5 Å². The van der Waals surface area contributed by atoms with E-state index < -0.39 is 0 Å². The minimum absolute atomic E-state index is 0.236. The van der Waals surface area contributed by atoms with Crippen LogP contribution in [0.2, 0.25) is 0 Å². The number of ketones is 1. The molecule has 1 aromatic carbocycles. The summed E-state index contributed by atoms with van der Waals surface area (Å²) >= 11 is 0. The molecule has 1 heterocycles. The summed E-state index contributed by atoms with van der Waals surface area (Å²) in [6.45, 7) is 4.95. The molecule has 0 radical (unpaired) electrons. The number of rotatable bonds is 4. The van der Waals surface area contributed by atoms with E-state index in [0.29, 0.717) is 6.54 Å². The highest BCUT2D eigenvalue weighted by atomic mass is 16.1. The van der Waals surface area contributed by atoms with Crippen LogP contribution < -0.4 is 4.90 Å². The van der Waals surface area contributed by atoms with Gasteiger partial charge in [-0.15, -0.1) is 0 Å². The molecule has 19 heavy (non-hydrogen) atoms. The highest BCUT2D eigenvalue weighted by Gasteiger charge is 2.19. The fraction of sp³-hybridized carbons (Fsp3) is 0.562. The molecule has 2 rings (SSSR count). The Morgan fingerprint density at radius 2 is 2.00 bits per heavy atom. The van der Waals surface area contributed by atoms with Crippen LogP contribution in [0.15, 0.2) is 24.3 Å². The van der Waals surface area contributed by atoms with Crippen LogP contribution in [-0.4, -0.2) is 44.4 Å². The van der Waals surface area contributed by atoms with Crippen LogP contribution in [0.3, 0.4) is 0 Å². The van der Waals surface area contributed by atoms with E-state index >= 15 is 0 Å². The van der Waals surface area contributed by atoms with E-state index in [1.54, 1.807) is 0 Å². The quantitative estimate of drug-likeness (QED) is 0.778. The van der Waals surface area contributed by atoms with Gasteiger partial charge in [-0.1, -0.05) is 6.92 Å². The highest BCUT2D eigenvalue weighted by Crippen LogP contribution is 2.17. The molecule has 1 aromatic rings. The summed E-state index contributed by atoms with van der Waals surface area (Å²) in [7, 11) is 4.01. The number of piperidine rings is 1. The van der Waals surface area contributed by atoms with Gasteiger partial charge < -0.3 is 4.90 Å². The lowest BCUT2D eigenvalue weighted by Crippen LogP contribution is -2.37. The third kappa shape index (κ3) is 3.80. The molecule has 0 saturated carbocycles. The first-order valence-corrected chi connectivity index (χ1v) is 7.09. The molecule has 0 aliphatic carbocycles. The zero-order valence-electron chi connectivity index (χ0n) is 12.2. The van der Waals surface area contributed by atoms with Crippen molar-refractivity contribution in [1.82, 2.24) is 4.90 Å². The molecule has 0 spiro atoms. The fourth-order valence-electron chi connectivity index (χ4n) is 2.67. The van der Waals surface area contributed by atoms with Gasteiger partial charge in [0.2, 0.25) is 0 Å². The monoisotopic (exact) mass is 260 g/mol. The van der Waals surface area contributed by atoms with E-state index in [9.17, 15) is 4.79 Å². The molecule has 0 amide bonds. The van der Waals surface area contributed by atoms with Gasteiger partial charge in [0.1, 0.15) is 0 Å². The Morgan fingerprint density at radius 1 is 1.32 bits per heavy atom. The van der Waals surface area contributed by atoms with Gasteiger partial charge in [0, 0.05) is 31.9 Å². The highest BCUT2D eigenvalue weighted by molar-refractivity contribution is 5.97. The van der Waals surface area contributed by atoms with E-state index in [2.05, 4.69) is 11.8 Å². The zero-order valence-corrected chi connectivity index (χ0v) is 12.2. The molecule has 104 valence electrons. The van der Waals surface area contributed by atoms with Gasteiger partial charge in [0.25, 0.3) is 0 Å². The molecule has 1 fully saturated rings. The van der Waals surface area contributed by atoms with Crippen LogP contribution in [0.1, 0.15) is 30.1 Å². The van der Waals surface area contributed by atoms with Crippen LogP contribution in [0.25, 0.3) is 0 Å². The van der Waals surface area contributed by atoms with Crippen molar-refractivity contribution in [2.24, 2.45) is 5.92 Å². The van der Waals surface area contributed by atoms with Crippen LogP contribution in [0, 0.1) is 5.92 Å². The van der Waals surface area contributed by atoms with Crippen LogP contribution in [0.5, 0.6) is 0 Å². The largest absolute Gasteiger partial charge is 0.378 e. The minimum Gasteiger partial charge on any atom is -0.378 e. The van der Waals surface area contributed by atoms with Gasteiger partial charge in [-0.25, -0.2) is 0 Å². The number of Topliss-reactive ketones (excluding diaryl/α,β-unsaturated/α-hetero) is 1. The third-order valence-electron chi connectivity index (χ3n) is 3.81. The Balaban J connectivity index is 1.95. The van der Waals surface area contributed by atoms with Crippen molar-refractivity contribution in [3.05, 3.63) is 29.8 Å². The summed E-state index contributed by atoms with van der Waals surface area (Å²) in [5.74, 6) is 0.956. The number of hydrogen-bond acceptors (Lipinski definition) is 3. The Hall–Kier alpha value is -1.35. The molecule has 1 aliphatic rings. The lowest BCUT2D eigenvalue weighted by molar-refractivity contribution is 0.0893. The maximum atomic E-state index is 12.2. The van der Waals surface area contributed by atoms with Crippen molar-refractivity contribution < 1.29 is 4.79 Å². The number of likely N-dealkylation sites (tertiary alicyclic amines) is 1. The number of anilines is 1. The zero-order chi connectivity index (χ0) is 13.8. The number of carbonyl (C=O) groups is 1. The summed E-state index contributed by atoms with van der Waals surface area (Å²) in [6.07, 6.45) is 2.51. The molecule has 3 nitrogen and oxygen atoms in total. The maximum Gasteiger partial charge on any atom is 0.176 e. The van der Waals surface area contributed by atoms with Gasteiger partial charge in [-0.2, -0.15) is 0 Å². The van der Waals surface area contributed by atoms with Crippen molar-refractivity contribution in [3.8, 4) is 0 Å². The average molecular weight is 260 g/mol. The smallest absolute Gasteiger partial charge is 0.176 e. The van der Waals surface area contributed by atoms with Crippen molar-refractivity contribution in [3.63, 3.8) is 0 Å². The fourth-order valence-corrected chi connectivity index (χ4v) is 2.67. The van der Waals surface area contributed by atoms with Crippen molar-refractivity contribution in [2.45, 2.75) is 19.8 Å². The van der Waals surface area contributed by atoms with Crippen LogP contribution in [-0.2, 0) is 0 Å². The molecular formula is C16H24N2O. The molecular weight excluding hydrogens is 236 g/mol. The van der Waals surface area contributed by atoms with E-state index in [1.807, 2.05) is 43.3 Å². The second-order valence-electron chi connectivity index (χ2n) is 5.85. The molecule has 0 aromatic heterocycles. The van der Waals surface area contributed by atoms with Crippen LogP contribution in [0.4, 0.5) is 5.69 Å². The molecule has 1 unspecified atom stereocenters. The average Bonchev–Trinajstić information content (AvgIpc) is 2.39. The molecule has 1 atom stereocenters. The first-order valence-electron chi connectivity index (χ1n) is 7.09. The predicted octanol–water partition coefficient (Wildman–Crippen LogP) is 2.67. The predicted molar refractivity (Wildman–Crippen MR) is 79.9 cm³/mol. The van der Waals surface area contributed by atoms with Crippen LogP contribution >= 0.6 is 0 Å². The molecule has 3 heteroatoms. The van der Waals surface area contributed by atoms with E-state index in [-0.39, 0.29) is 5.78 Å². The summed E-state index contributed by atoms with van der Waals surface area (Å²) < 4.78 is 0. The number of carbonyl (C=O) groups excluding carboxylic acids is 1. The lowest BCUT2D eigenvalue weighted by Gasteiger charge is -2.30. The van der Waals surface area contributed by atoms with Gasteiger partial charge in [0.05, 0.1) is 6.54 Å². The summed E-state index contributed by atoms with van der Waals surface area (Å²) in [5.41, 5.74) is 1.95. The Kier molecular flexibility index (Phi) is 4.59. The van der Waals surface area contributed by atoms with E-state index in [1.165, 1.54) is 12.8 Å². The summed E-state index contributed by atoms with van der Waals surface area (Å²) in [5, 5.41) is 0. The third-order valence-corrected chi connectivity index (χ3v) is 3.81. The van der Waals surface area contributed by atoms with Crippen molar-refractivity contribution in [2.75, 3.05) is 38.6 Å². The standard InChI is InChI=1S/C16H24N2O/c1-13-5-4-10-18(11-13)12-16(19)14-6-8-15(9-7-14)17(2)3/h6-9,13H,4-5,10-12H2,1-3H3. The Labute approximate surface area is 116 Å². The topological polar surface area (TPSA) is 23.6 Å². The minimum atomic E-state index is 0.236. The molecule has 0 N–H and O–H groups in total. The first kappa shape index (κ1) is 14.1. The Bertz CT molecular complexity index is 425.